The van der Waals surface area contributed by atoms with Gasteiger partial charge in [-0.2, -0.15) is 0 Å². The van der Waals surface area contributed by atoms with E-state index in [4.69, 9.17) is 10.1 Å². The molecule has 1 saturated carbocycles. The van der Waals surface area contributed by atoms with Crippen molar-refractivity contribution in [3.8, 4) is 0 Å². The predicted molar refractivity (Wildman–Crippen MR) is 97.4 cm³/mol. The lowest BCUT2D eigenvalue weighted by Gasteiger charge is -2.43. The molecule has 0 spiro atoms. The highest BCUT2D eigenvalue weighted by molar-refractivity contribution is 5.59. The van der Waals surface area contributed by atoms with Gasteiger partial charge in [0, 0.05) is 13.2 Å². The van der Waals surface area contributed by atoms with Crippen LogP contribution in [-0.4, -0.2) is 36.7 Å². The van der Waals surface area contributed by atoms with Gasteiger partial charge in [0.25, 0.3) is 0 Å². The molecule has 3 nitrogen and oxygen atoms in total. The van der Waals surface area contributed by atoms with E-state index in [1.807, 2.05) is 0 Å². The molecule has 1 aliphatic carbocycles. The second kappa shape index (κ2) is 8.41. The number of hydrogen-bond acceptors (Lipinski definition) is 3. The molecule has 0 aromatic carbocycles. The van der Waals surface area contributed by atoms with E-state index in [9.17, 15) is 0 Å². The SMILES string of the molecule is CC(C1CCC2N=CCCC2C1)C1CC=NCC1CCCCO. The summed E-state index contributed by atoms with van der Waals surface area (Å²) in [5, 5.41) is 9.04. The van der Waals surface area contributed by atoms with Crippen LogP contribution in [-0.2, 0) is 0 Å². The van der Waals surface area contributed by atoms with Gasteiger partial charge in [-0.3, -0.25) is 9.98 Å². The maximum atomic E-state index is 9.04. The zero-order chi connectivity index (χ0) is 16.1. The first-order valence-electron chi connectivity index (χ1n) is 9.90. The minimum atomic E-state index is 0.336. The smallest absolute Gasteiger partial charge is 0.0524 e. The minimum absolute atomic E-state index is 0.336. The number of nitrogens with zero attached hydrogens (tertiary/aromatic N) is 2. The number of unbranched alkanes of at least 4 members (excludes halogenated alkanes) is 1. The maximum Gasteiger partial charge on any atom is 0.0524 e. The Kier molecular flexibility index (Phi) is 6.27. The number of rotatable bonds is 6. The Morgan fingerprint density at radius 3 is 2.96 bits per heavy atom. The molecule has 1 N–H and O–H groups in total. The summed E-state index contributed by atoms with van der Waals surface area (Å²) in [6, 6.07) is 0.639. The summed E-state index contributed by atoms with van der Waals surface area (Å²) in [5.41, 5.74) is 0. The van der Waals surface area contributed by atoms with Crippen LogP contribution in [0.25, 0.3) is 0 Å². The summed E-state index contributed by atoms with van der Waals surface area (Å²) >= 11 is 0. The van der Waals surface area contributed by atoms with Crippen LogP contribution in [0.4, 0.5) is 0 Å². The molecule has 6 unspecified atom stereocenters. The zero-order valence-corrected chi connectivity index (χ0v) is 14.7. The summed E-state index contributed by atoms with van der Waals surface area (Å²) in [6.45, 7) is 3.87. The first-order chi connectivity index (χ1) is 11.3. The number of fused-ring (bicyclic) bond motifs is 1. The van der Waals surface area contributed by atoms with E-state index in [1.54, 1.807) is 0 Å². The summed E-state index contributed by atoms with van der Waals surface area (Å²) in [5.74, 6) is 4.10. The molecule has 3 aliphatic rings. The van der Waals surface area contributed by atoms with Crippen molar-refractivity contribution in [2.24, 2.45) is 39.6 Å². The lowest BCUT2D eigenvalue weighted by Crippen LogP contribution is -2.37. The van der Waals surface area contributed by atoms with Crippen LogP contribution in [0, 0.1) is 29.6 Å². The van der Waals surface area contributed by atoms with Gasteiger partial charge < -0.3 is 5.11 Å². The molecule has 2 heterocycles. The van der Waals surface area contributed by atoms with Crippen molar-refractivity contribution in [3.05, 3.63) is 0 Å². The second-order valence-electron chi connectivity index (χ2n) is 8.10. The van der Waals surface area contributed by atoms with E-state index < -0.39 is 0 Å². The molecule has 3 rings (SSSR count). The fourth-order valence-corrected chi connectivity index (χ4v) is 5.32. The van der Waals surface area contributed by atoms with E-state index >= 15 is 0 Å². The van der Waals surface area contributed by atoms with Crippen molar-refractivity contribution in [2.75, 3.05) is 13.2 Å². The fourth-order valence-electron chi connectivity index (χ4n) is 5.32. The van der Waals surface area contributed by atoms with Crippen molar-refractivity contribution in [2.45, 2.75) is 70.8 Å². The van der Waals surface area contributed by atoms with Crippen LogP contribution in [0.5, 0.6) is 0 Å². The van der Waals surface area contributed by atoms with Crippen LogP contribution in [0.1, 0.15) is 64.7 Å². The summed E-state index contributed by atoms with van der Waals surface area (Å²) in [7, 11) is 0. The van der Waals surface area contributed by atoms with Crippen LogP contribution in [0.2, 0.25) is 0 Å². The van der Waals surface area contributed by atoms with Crippen molar-refractivity contribution in [3.63, 3.8) is 0 Å². The lowest BCUT2D eigenvalue weighted by atomic mass is 9.65. The van der Waals surface area contributed by atoms with Gasteiger partial charge in [-0.15, -0.1) is 0 Å². The quantitative estimate of drug-likeness (QED) is 0.735. The number of aliphatic hydroxyl groups is 1. The van der Waals surface area contributed by atoms with Gasteiger partial charge in [-0.1, -0.05) is 13.3 Å². The van der Waals surface area contributed by atoms with E-state index in [-0.39, 0.29) is 0 Å². The third-order valence-corrected chi connectivity index (χ3v) is 6.80. The standard InChI is InChI=1S/C20H34N2O/c1-15(16-7-8-20-17(13-16)6-4-10-22-20)19-9-11-21-14-18(19)5-2-3-12-23/h10-11,15-20,23H,2-9,12-14H2,1H3. The summed E-state index contributed by atoms with van der Waals surface area (Å²) in [4.78, 5) is 9.33. The van der Waals surface area contributed by atoms with Crippen LogP contribution in [0.3, 0.4) is 0 Å². The van der Waals surface area contributed by atoms with Gasteiger partial charge >= 0.3 is 0 Å². The molecule has 0 bridgehead atoms. The van der Waals surface area contributed by atoms with E-state index in [0.717, 1.165) is 49.0 Å². The third-order valence-electron chi connectivity index (χ3n) is 6.80. The zero-order valence-electron chi connectivity index (χ0n) is 14.7. The normalized spacial score (nSPS) is 38.3. The Balaban J connectivity index is 1.58. The van der Waals surface area contributed by atoms with Crippen LogP contribution < -0.4 is 0 Å². The minimum Gasteiger partial charge on any atom is -0.396 e. The van der Waals surface area contributed by atoms with Gasteiger partial charge in [0.1, 0.15) is 0 Å². The Labute approximate surface area is 141 Å². The molecule has 0 saturated heterocycles. The Bertz CT molecular complexity index is 420. The Morgan fingerprint density at radius 1 is 1.17 bits per heavy atom. The highest BCUT2D eigenvalue weighted by atomic mass is 16.2. The lowest BCUT2D eigenvalue weighted by molar-refractivity contribution is 0.106. The van der Waals surface area contributed by atoms with Crippen molar-refractivity contribution in [1.82, 2.24) is 0 Å². The molecule has 0 amide bonds. The van der Waals surface area contributed by atoms with Crippen molar-refractivity contribution >= 4 is 12.4 Å². The first kappa shape index (κ1) is 17.1. The molecule has 6 atom stereocenters. The molecule has 23 heavy (non-hydrogen) atoms. The van der Waals surface area contributed by atoms with Gasteiger partial charge in [0.05, 0.1) is 6.04 Å². The Morgan fingerprint density at radius 2 is 2.09 bits per heavy atom. The average molecular weight is 319 g/mol. The molecule has 1 fully saturated rings. The monoisotopic (exact) mass is 318 g/mol. The molecule has 0 aromatic heterocycles. The predicted octanol–water partition coefficient (Wildman–Crippen LogP) is 4.14. The number of hydrogen-bond donors (Lipinski definition) is 1. The first-order valence-corrected chi connectivity index (χ1v) is 9.90. The summed E-state index contributed by atoms with van der Waals surface area (Å²) < 4.78 is 0. The average Bonchev–Trinajstić information content (AvgIpc) is 2.61. The highest BCUT2D eigenvalue weighted by Gasteiger charge is 2.38. The summed E-state index contributed by atoms with van der Waals surface area (Å²) in [6.07, 6.45) is 15.5. The molecular weight excluding hydrogens is 284 g/mol. The number of aliphatic imine (C=N–C) groups is 2. The van der Waals surface area contributed by atoms with Gasteiger partial charge in [-0.05, 0) is 93.4 Å². The van der Waals surface area contributed by atoms with E-state index in [0.29, 0.717) is 12.6 Å². The van der Waals surface area contributed by atoms with Crippen molar-refractivity contribution in [1.29, 1.82) is 0 Å². The molecule has 0 radical (unpaired) electrons. The van der Waals surface area contributed by atoms with Crippen LogP contribution in [0.15, 0.2) is 9.98 Å². The largest absolute Gasteiger partial charge is 0.396 e. The van der Waals surface area contributed by atoms with E-state index in [2.05, 4.69) is 24.3 Å². The van der Waals surface area contributed by atoms with E-state index in [1.165, 1.54) is 44.9 Å². The molecular formula is C20H34N2O. The maximum absolute atomic E-state index is 9.04. The molecule has 130 valence electrons. The number of aliphatic hydroxyl groups excluding tert-OH is 1. The Hall–Kier alpha value is -0.700. The third kappa shape index (κ3) is 4.23. The molecule has 2 aliphatic heterocycles. The van der Waals surface area contributed by atoms with Gasteiger partial charge in [-0.25, -0.2) is 0 Å². The van der Waals surface area contributed by atoms with Crippen LogP contribution >= 0.6 is 0 Å². The van der Waals surface area contributed by atoms with Crippen molar-refractivity contribution < 1.29 is 5.11 Å². The highest BCUT2D eigenvalue weighted by Crippen LogP contribution is 2.44. The molecule has 0 aromatic rings. The topological polar surface area (TPSA) is 45.0 Å². The van der Waals surface area contributed by atoms with Gasteiger partial charge in [0.15, 0.2) is 0 Å². The molecule has 3 heteroatoms. The second-order valence-corrected chi connectivity index (χ2v) is 8.10. The fraction of sp³-hybridized carbons (Fsp3) is 0.900. The van der Waals surface area contributed by atoms with Gasteiger partial charge in [0.2, 0.25) is 0 Å².